The first-order valence-corrected chi connectivity index (χ1v) is 10.3. The Hall–Kier alpha value is -2.45. The third-order valence-corrected chi connectivity index (χ3v) is 6.14. The van der Waals surface area contributed by atoms with Crippen molar-refractivity contribution in [3.05, 3.63) is 50.8 Å². The summed E-state index contributed by atoms with van der Waals surface area (Å²) in [5.74, 6) is 1.06. The van der Waals surface area contributed by atoms with E-state index < -0.39 is 0 Å². The number of fused-ring (bicyclic) bond motifs is 3. The fourth-order valence-corrected chi connectivity index (χ4v) is 4.92. The topological polar surface area (TPSA) is 80.4 Å². The highest BCUT2D eigenvalue weighted by Crippen LogP contribution is 2.33. The van der Waals surface area contributed by atoms with E-state index in [1.54, 1.807) is 29.7 Å². The molecule has 3 heterocycles. The molecule has 148 valence electrons. The van der Waals surface area contributed by atoms with E-state index in [0.29, 0.717) is 30.1 Å². The number of carbonyl (C=O) groups is 1. The molecule has 1 amide bonds. The molecule has 4 rings (SSSR count). The molecule has 0 radical (unpaired) electrons. The number of amides is 1. The fourth-order valence-electron chi connectivity index (χ4n) is 3.65. The summed E-state index contributed by atoms with van der Waals surface area (Å²) in [7, 11) is 3.86. The Labute approximate surface area is 167 Å². The van der Waals surface area contributed by atoms with Crippen molar-refractivity contribution in [3.63, 3.8) is 0 Å². The molecule has 0 atom stereocenters. The SMILES string of the molecule is CN(C)Cc1nc2sc3c(c2c(=O)n1CC(=O)NCc1ccco1)CCCC3. The first-order valence-electron chi connectivity index (χ1n) is 9.50. The number of hydrogen-bond acceptors (Lipinski definition) is 6. The molecule has 7 nitrogen and oxygen atoms in total. The molecule has 3 aromatic heterocycles. The number of rotatable bonds is 6. The molecule has 0 fully saturated rings. The van der Waals surface area contributed by atoms with E-state index in [4.69, 9.17) is 9.40 Å². The van der Waals surface area contributed by atoms with Gasteiger partial charge < -0.3 is 14.6 Å². The zero-order valence-electron chi connectivity index (χ0n) is 16.2. The van der Waals surface area contributed by atoms with E-state index in [1.807, 2.05) is 19.0 Å². The summed E-state index contributed by atoms with van der Waals surface area (Å²) in [5, 5.41) is 3.52. The second-order valence-electron chi connectivity index (χ2n) is 7.40. The van der Waals surface area contributed by atoms with E-state index in [2.05, 4.69) is 5.32 Å². The minimum absolute atomic E-state index is 0.0454. The summed E-state index contributed by atoms with van der Waals surface area (Å²) in [4.78, 5) is 34.7. The molecule has 0 aliphatic heterocycles. The van der Waals surface area contributed by atoms with Crippen molar-refractivity contribution in [1.29, 1.82) is 0 Å². The van der Waals surface area contributed by atoms with E-state index >= 15 is 0 Å². The summed E-state index contributed by atoms with van der Waals surface area (Å²) in [6, 6.07) is 3.58. The van der Waals surface area contributed by atoms with Gasteiger partial charge >= 0.3 is 0 Å². The zero-order valence-corrected chi connectivity index (χ0v) is 17.0. The second kappa shape index (κ2) is 7.89. The van der Waals surface area contributed by atoms with Crippen molar-refractivity contribution in [1.82, 2.24) is 19.8 Å². The molecule has 8 heteroatoms. The van der Waals surface area contributed by atoms with Crippen LogP contribution in [0.4, 0.5) is 0 Å². The van der Waals surface area contributed by atoms with Gasteiger partial charge in [0.25, 0.3) is 5.56 Å². The first-order chi connectivity index (χ1) is 13.5. The van der Waals surface area contributed by atoms with Crippen LogP contribution in [0.2, 0.25) is 0 Å². The van der Waals surface area contributed by atoms with Gasteiger partial charge in [0.05, 0.1) is 24.7 Å². The lowest BCUT2D eigenvalue weighted by Crippen LogP contribution is -2.35. The van der Waals surface area contributed by atoms with Gasteiger partial charge in [-0.15, -0.1) is 11.3 Å². The number of furan rings is 1. The molecule has 1 aliphatic carbocycles. The molecule has 0 saturated carbocycles. The van der Waals surface area contributed by atoms with Crippen molar-refractivity contribution >= 4 is 27.5 Å². The lowest BCUT2D eigenvalue weighted by atomic mass is 9.97. The van der Waals surface area contributed by atoms with Crippen LogP contribution in [-0.2, 0) is 37.3 Å². The average molecular weight is 401 g/mol. The summed E-state index contributed by atoms with van der Waals surface area (Å²) in [5.41, 5.74) is 1.04. The summed E-state index contributed by atoms with van der Waals surface area (Å²) in [6.45, 7) is 0.753. The Balaban J connectivity index is 1.68. The Kier molecular flexibility index (Phi) is 5.32. The van der Waals surface area contributed by atoms with Gasteiger partial charge in [0.15, 0.2) is 0 Å². The predicted octanol–water partition coefficient (Wildman–Crippen LogP) is 2.31. The van der Waals surface area contributed by atoms with Crippen molar-refractivity contribution in [3.8, 4) is 0 Å². The van der Waals surface area contributed by atoms with Gasteiger partial charge in [-0.2, -0.15) is 0 Å². The molecule has 1 N–H and O–H groups in total. The molecule has 0 unspecified atom stereocenters. The maximum Gasteiger partial charge on any atom is 0.263 e. The van der Waals surface area contributed by atoms with Crippen molar-refractivity contribution in [2.45, 2.75) is 45.3 Å². The number of aromatic nitrogens is 2. The monoisotopic (exact) mass is 400 g/mol. The highest BCUT2D eigenvalue weighted by Gasteiger charge is 2.23. The van der Waals surface area contributed by atoms with Crippen LogP contribution in [0.15, 0.2) is 27.6 Å². The van der Waals surface area contributed by atoms with Gasteiger partial charge in [0.1, 0.15) is 23.0 Å². The van der Waals surface area contributed by atoms with Crippen LogP contribution in [-0.4, -0.2) is 34.5 Å². The first kappa shape index (κ1) is 18.9. The minimum Gasteiger partial charge on any atom is -0.467 e. The largest absolute Gasteiger partial charge is 0.467 e. The highest BCUT2D eigenvalue weighted by molar-refractivity contribution is 7.18. The maximum absolute atomic E-state index is 13.3. The Morgan fingerprint density at radius 2 is 2.18 bits per heavy atom. The summed E-state index contributed by atoms with van der Waals surface area (Å²) < 4.78 is 6.77. The number of thiophene rings is 1. The Bertz CT molecular complexity index is 1050. The maximum atomic E-state index is 13.3. The second-order valence-corrected chi connectivity index (χ2v) is 8.49. The van der Waals surface area contributed by atoms with Crippen LogP contribution >= 0.6 is 11.3 Å². The number of nitrogens with one attached hydrogen (secondary N) is 1. The van der Waals surface area contributed by atoms with Gasteiger partial charge in [-0.3, -0.25) is 14.2 Å². The van der Waals surface area contributed by atoms with Crippen LogP contribution in [0.3, 0.4) is 0 Å². The van der Waals surface area contributed by atoms with E-state index in [0.717, 1.165) is 36.1 Å². The number of aryl methyl sites for hydroxylation is 2. The summed E-state index contributed by atoms with van der Waals surface area (Å²) >= 11 is 1.64. The van der Waals surface area contributed by atoms with Crippen LogP contribution in [0.25, 0.3) is 10.2 Å². The zero-order chi connectivity index (χ0) is 19.7. The molecule has 28 heavy (non-hydrogen) atoms. The number of nitrogens with zero attached hydrogens (tertiary/aromatic N) is 3. The van der Waals surface area contributed by atoms with Gasteiger partial charge in [-0.25, -0.2) is 4.98 Å². The van der Waals surface area contributed by atoms with Crippen LogP contribution in [0.1, 0.15) is 34.9 Å². The van der Waals surface area contributed by atoms with Gasteiger partial charge in [0, 0.05) is 4.88 Å². The van der Waals surface area contributed by atoms with Gasteiger partial charge in [-0.1, -0.05) is 0 Å². The van der Waals surface area contributed by atoms with Gasteiger partial charge in [0.2, 0.25) is 5.91 Å². The molecule has 0 spiro atoms. The summed E-state index contributed by atoms with van der Waals surface area (Å²) in [6.07, 6.45) is 5.76. The fraction of sp³-hybridized carbons (Fsp3) is 0.450. The molecule has 1 aliphatic rings. The van der Waals surface area contributed by atoms with E-state index in [1.165, 1.54) is 9.44 Å². The van der Waals surface area contributed by atoms with Crippen molar-refractivity contribution in [2.24, 2.45) is 0 Å². The normalized spacial score (nSPS) is 13.8. The third kappa shape index (κ3) is 3.74. The lowest BCUT2D eigenvalue weighted by molar-refractivity contribution is -0.122. The van der Waals surface area contributed by atoms with Gasteiger partial charge in [-0.05, 0) is 57.5 Å². The van der Waals surface area contributed by atoms with Crippen molar-refractivity contribution in [2.75, 3.05) is 14.1 Å². The molecule has 0 saturated heterocycles. The average Bonchev–Trinajstić information content (AvgIpc) is 3.29. The quantitative estimate of drug-likeness (QED) is 0.687. The van der Waals surface area contributed by atoms with Crippen LogP contribution in [0, 0.1) is 0 Å². The Morgan fingerprint density at radius 3 is 2.93 bits per heavy atom. The van der Waals surface area contributed by atoms with Crippen molar-refractivity contribution < 1.29 is 9.21 Å². The standard InChI is InChI=1S/C20H24N4O3S/c1-23(2)11-16-22-19-18(14-7-3-4-8-15(14)28-19)20(26)24(16)12-17(25)21-10-13-6-5-9-27-13/h5-6,9H,3-4,7-8,10-12H2,1-2H3,(H,21,25). The third-order valence-electron chi connectivity index (χ3n) is 4.95. The van der Waals surface area contributed by atoms with Crippen LogP contribution in [0.5, 0.6) is 0 Å². The smallest absolute Gasteiger partial charge is 0.263 e. The number of carbonyl (C=O) groups excluding carboxylic acids is 1. The predicted molar refractivity (Wildman–Crippen MR) is 108 cm³/mol. The molecular weight excluding hydrogens is 376 g/mol. The molecular formula is C20H24N4O3S. The molecule has 0 bridgehead atoms. The number of hydrogen-bond donors (Lipinski definition) is 1. The molecule has 3 aromatic rings. The minimum atomic E-state index is -0.233. The lowest BCUT2D eigenvalue weighted by Gasteiger charge is -2.16. The molecule has 0 aromatic carbocycles. The van der Waals surface area contributed by atoms with Crippen LogP contribution < -0.4 is 10.9 Å². The van der Waals surface area contributed by atoms with E-state index in [-0.39, 0.29) is 18.0 Å². The highest BCUT2D eigenvalue weighted by atomic mass is 32.1. The Morgan fingerprint density at radius 1 is 1.36 bits per heavy atom. The van der Waals surface area contributed by atoms with E-state index in [9.17, 15) is 9.59 Å².